The van der Waals surface area contributed by atoms with Gasteiger partial charge in [0.15, 0.2) is 0 Å². The number of pyridine rings is 1. The highest BCUT2D eigenvalue weighted by Crippen LogP contribution is 2.31. The van der Waals surface area contributed by atoms with Crippen LogP contribution in [0.3, 0.4) is 0 Å². The predicted octanol–water partition coefficient (Wildman–Crippen LogP) is 2.49. The summed E-state index contributed by atoms with van der Waals surface area (Å²) in [5.74, 6) is 1.76. The van der Waals surface area contributed by atoms with E-state index in [9.17, 15) is 0 Å². The van der Waals surface area contributed by atoms with E-state index >= 15 is 0 Å². The van der Waals surface area contributed by atoms with E-state index < -0.39 is 0 Å². The normalized spacial score (nSPS) is 10.7. The van der Waals surface area contributed by atoms with Gasteiger partial charge in [-0.1, -0.05) is 0 Å². The molecule has 0 amide bonds. The first-order valence-corrected chi connectivity index (χ1v) is 5.95. The largest absolute Gasteiger partial charge is 0.497 e. The van der Waals surface area contributed by atoms with E-state index in [2.05, 4.69) is 9.97 Å². The van der Waals surface area contributed by atoms with E-state index in [-0.39, 0.29) is 0 Å². The van der Waals surface area contributed by atoms with E-state index in [1.54, 1.807) is 26.4 Å². The molecular formula is C14H13N3O3. The molecule has 0 saturated heterocycles. The molecule has 0 atom stereocenters. The van der Waals surface area contributed by atoms with Crippen molar-refractivity contribution in [2.75, 3.05) is 20.0 Å². The van der Waals surface area contributed by atoms with Gasteiger partial charge in [-0.25, -0.2) is 9.97 Å². The summed E-state index contributed by atoms with van der Waals surface area (Å²) >= 11 is 0. The molecule has 102 valence electrons. The van der Waals surface area contributed by atoms with Crippen molar-refractivity contribution in [1.29, 1.82) is 0 Å². The van der Waals surface area contributed by atoms with Crippen molar-refractivity contribution in [3.8, 4) is 23.0 Å². The van der Waals surface area contributed by atoms with Gasteiger partial charge in [-0.2, -0.15) is 0 Å². The van der Waals surface area contributed by atoms with Crippen LogP contribution in [0.2, 0.25) is 0 Å². The lowest BCUT2D eigenvalue weighted by Crippen LogP contribution is -1.88. The first-order valence-electron chi connectivity index (χ1n) is 5.95. The summed E-state index contributed by atoms with van der Waals surface area (Å²) in [6, 6.07) is 7.13. The fourth-order valence-corrected chi connectivity index (χ4v) is 1.89. The molecule has 0 bridgehead atoms. The maximum absolute atomic E-state index is 5.68. The molecule has 0 unspecified atom stereocenters. The van der Waals surface area contributed by atoms with Gasteiger partial charge in [-0.05, 0) is 18.2 Å². The molecule has 0 radical (unpaired) electrons. The molecule has 2 aromatic heterocycles. The molecule has 20 heavy (non-hydrogen) atoms. The van der Waals surface area contributed by atoms with Gasteiger partial charge in [-0.15, -0.1) is 0 Å². The van der Waals surface area contributed by atoms with Gasteiger partial charge in [-0.3, -0.25) is 0 Å². The lowest BCUT2D eigenvalue weighted by molar-refractivity contribution is 0.394. The number of nitrogens with two attached hydrogens (primary N) is 1. The first kappa shape index (κ1) is 12.3. The van der Waals surface area contributed by atoms with Crippen molar-refractivity contribution in [2.24, 2.45) is 0 Å². The van der Waals surface area contributed by atoms with Gasteiger partial charge in [0.25, 0.3) is 0 Å². The SMILES string of the molecule is COc1cc(OC)cc(-c2nc3cc(N)cnc3o2)c1. The molecule has 0 aliphatic heterocycles. The number of methoxy groups -OCH3 is 2. The Morgan fingerprint density at radius 2 is 1.75 bits per heavy atom. The fourth-order valence-electron chi connectivity index (χ4n) is 1.89. The Morgan fingerprint density at radius 1 is 1.05 bits per heavy atom. The molecule has 0 aliphatic carbocycles. The van der Waals surface area contributed by atoms with Crippen LogP contribution in [0, 0.1) is 0 Å². The number of rotatable bonds is 3. The smallest absolute Gasteiger partial charge is 0.247 e. The van der Waals surface area contributed by atoms with E-state index in [0.717, 1.165) is 5.56 Å². The highest BCUT2D eigenvalue weighted by molar-refractivity contribution is 5.76. The van der Waals surface area contributed by atoms with Crippen LogP contribution < -0.4 is 15.2 Å². The first-order chi connectivity index (χ1) is 9.69. The summed E-state index contributed by atoms with van der Waals surface area (Å²) < 4.78 is 16.1. The number of aromatic nitrogens is 2. The maximum Gasteiger partial charge on any atom is 0.247 e. The molecule has 6 heteroatoms. The second-order valence-corrected chi connectivity index (χ2v) is 4.21. The molecule has 3 aromatic rings. The number of oxazole rings is 1. The summed E-state index contributed by atoms with van der Waals surface area (Å²) in [6.45, 7) is 0. The molecule has 2 N–H and O–H groups in total. The van der Waals surface area contributed by atoms with Crippen molar-refractivity contribution < 1.29 is 13.9 Å². The number of ether oxygens (including phenoxy) is 2. The average molecular weight is 271 g/mol. The van der Waals surface area contributed by atoms with Crippen LogP contribution in [0.4, 0.5) is 5.69 Å². The summed E-state index contributed by atoms with van der Waals surface area (Å²) in [6.07, 6.45) is 1.53. The van der Waals surface area contributed by atoms with Gasteiger partial charge >= 0.3 is 0 Å². The second-order valence-electron chi connectivity index (χ2n) is 4.21. The Hall–Kier alpha value is -2.76. The Labute approximate surface area is 115 Å². The van der Waals surface area contributed by atoms with Crippen LogP contribution in [0.5, 0.6) is 11.5 Å². The zero-order valence-corrected chi connectivity index (χ0v) is 11.1. The molecule has 2 heterocycles. The number of hydrogen-bond acceptors (Lipinski definition) is 6. The van der Waals surface area contributed by atoms with Crippen molar-refractivity contribution in [3.05, 3.63) is 30.5 Å². The molecule has 1 aromatic carbocycles. The lowest BCUT2D eigenvalue weighted by atomic mass is 10.2. The monoisotopic (exact) mass is 271 g/mol. The maximum atomic E-state index is 5.68. The summed E-state index contributed by atoms with van der Waals surface area (Å²) in [4.78, 5) is 8.47. The Kier molecular flexibility index (Phi) is 2.90. The molecule has 3 rings (SSSR count). The number of nitrogen functional groups attached to an aromatic ring is 1. The van der Waals surface area contributed by atoms with Crippen molar-refractivity contribution in [2.45, 2.75) is 0 Å². The zero-order chi connectivity index (χ0) is 14.1. The minimum absolute atomic E-state index is 0.440. The van der Waals surface area contributed by atoms with E-state index in [0.29, 0.717) is 34.3 Å². The molecule has 0 fully saturated rings. The number of hydrogen-bond donors (Lipinski definition) is 1. The lowest BCUT2D eigenvalue weighted by Gasteiger charge is -2.05. The molecular weight excluding hydrogens is 258 g/mol. The predicted molar refractivity (Wildman–Crippen MR) is 74.8 cm³/mol. The summed E-state index contributed by atoms with van der Waals surface area (Å²) in [5.41, 5.74) is 8.02. The number of anilines is 1. The Bertz CT molecular complexity index is 745. The minimum atomic E-state index is 0.440. The van der Waals surface area contributed by atoms with Gasteiger partial charge in [0.05, 0.1) is 26.1 Å². The summed E-state index contributed by atoms with van der Waals surface area (Å²) in [7, 11) is 3.18. The Balaban J connectivity index is 2.14. The van der Waals surface area contributed by atoms with Gasteiger partial charge in [0.2, 0.25) is 11.6 Å². The van der Waals surface area contributed by atoms with Gasteiger partial charge < -0.3 is 19.6 Å². The van der Waals surface area contributed by atoms with Crippen LogP contribution >= 0.6 is 0 Å². The topological polar surface area (TPSA) is 83.4 Å². The quantitative estimate of drug-likeness (QED) is 0.788. The van der Waals surface area contributed by atoms with Crippen LogP contribution in [-0.4, -0.2) is 24.2 Å². The number of fused-ring (bicyclic) bond motifs is 1. The molecule has 6 nitrogen and oxygen atoms in total. The highest BCUT2D eigenvalue weighted by atomic mass is 16.5. The van der Waals surface area contributed by atoms with Crippen LogP contribution in [0.25, 0.3) is 22.7 Å². The molecule has 0 saturated carbocycles. The minimum Gasteiger partial charge on any atom is -0.497 e. The average Bonchev–Trinajstić information content (AvgIpc) is 2.89. The Morgan fingerprint density at radius 3 is 2.40 bits per heavy atom. The van der Waals surface area contributed by atoms with Crippen LogP contribution in [-0.2, 0) is 0 Å². The van der Waals surface area contributed by atoms with E-state index in [1.165, 1.54) is 6.20 Å². The van der Waals surface area contributed by atoms with Crippen LogP contribution in [0.15, 0.2) is 34.9 Å². The molecule has 0 aliphatic rings. The van der Waals surface area contributed by atoms with Crippen molar-refractivity contribution in [1.82, 2.24) is 9.97 Å². The van der Waals surface area contributed by atoms with E-state index in [4.69, 9.17) is 19.6 Å². The van der Waals surface area contributed by atoms with E-state index in [1.807, 2.05) is 12.1 Å². The van der Waals surface area contributed by atoms with Gasteiger partial charge in [0, 0.05) is 11.6 Å². The third-order valence-corrected chi connectivity index (χ3v) is 2.87. The highest BCUT2D eigenvalue weighted by Gasteiger charge is 2.12. The fraction of sp³-hybridized carbons (Fsp3) is 0.143. The zero-order valence-electron chi connectivity index (χ0n) is 11.1. The second kappa shape index (κ2) is 4.73. The number of benzene rings is 1. The van der Waals surface area contributed by atoms with Gasteiger partial charge in [0.1, 0.15) is 17.0 Å². The summed E-state index contributed by atoms with van der Waals surface area (Å²) in [5, 5.41) is 0. The van der Waals surface area contributed by atoms with Crippen molar-refractivity contribution in [3.63, 3.8) is 0 Å². The standard InChI is InChI=1S/C14H13N3O3/c1-18-10-3-8(4-11(6-10)19-2)13-17-12-5-9(15)7-16-14(12)20-13/h3-7H,15H2,1-2H3. The van der Waals surface area contributed by atoms with Crippen molar-refractivity contribution >= 4 is 16.9 Å². The third-order valence-electron chi connectivity index (χ3n) is 2.87. The third kappa shape index (κ3) is 2.11. The number of nitrogens with zero attached hydrogens (tertiary/aromatic N) is 2. The van der Waals surface area contributed by atoms with Crippen LogP contribution in [0.1, 0.15) is 0 Å². The molecule has 0 spiro atoms.